The third kappa shape index (κ3) is 6.31. The Morgan fingerprint density at radius 1 is 1.03 bits per heavy atom. The molecule has 2 aliphatic heterocycles. The fourth-order valence-electron chi connectivity index (χ4n) is 4.12. The number of nitrogens with one attached hydrogen (secondary N) is 1. The van der Waals surface area contributed by atoms with Gasteiger partial charge < -0.3 is 24.4 Å². The average molecular weight is 441 g/mol. The van der Waals surface area contributed by atoms with Crippen molar-refractivity contribution in [1.82, 2.24) is 15.1 Å². The van der Waals surface area contributed by atoms with Crippen molar-refractivity contribution in [2.45, 2.75) is 63.1 Å². The largest absolute Gasteiger partial charge is 0.469 e. The van der Waals surface area contributed by atoms with Gasteiger partial charge in [0.05, 0.1) is 21.3 Å². The van der Waals surface area contributed by atoms with Crippen LogP contribution in [0.2, 0.25) is 0 Å². The second-order valence-corrected chi connectivity index (χ2v) is 7.63. The highest BCUT2D eigenvalue weighted by Crippen LogP contribution is 2.29. The topological polar surface area (TPSA) is 132 Å². The number of nitrogens with zero attached hydrogens (tertiary/aromatic N) is 2. The van der Waals surface area contributed by atoms with Crippen LogP contribution in [-0.4, -0.2) is 92.2 Å². The van der Waals surface area contributed by atoms with Gasteiger partial charge in [-0.2, -0.15) is 0 Å². The van der Waals surface area contributed by atoms with Crippen molar-refractivity contribution >= 4 is 29.8 Å². The molecule has 0 aromatic rings. The number of hydrogen-bond donors (Lipinski definition) is 1. The summed E-state index contributed by atoms with van der Waals surface area (Å²) in [6, 6.07) is -1.90. The summed E-state index contributed by atoms with van der Waals surface area (Å²) in [5, 5.41) is 2.62. The van der Waals surface area contributed by atoms with E-state index in [9.17, 15) is 24.0 Å². The van der Waals surface area contributed by atoms with Gasteiger partial charge in [-0.05, 0) is 38.5 Å². The van der Waals surface area contributed by atoms with E-state index in [0.717, 1.165) is 19.3 Å². The summed E-state index contributed by atoms with van der Waals surface area (Å²) in [6.45, 7) is 0.240. The first-order valence-corrected chi connectivity index (χ1v) is 10.4. The van der Waals surface area contributed by atoms with Crippen LogP contribution in [0.1, 0.15) is 44.9 Å². The summed E-state index contributed by atoms with van der Waals surface area (Å²) >= 11 is 0. The van der Waals surface area contributed by atoms with Gasteiger partial charge in [0.2, 0.25) is 11.8 Å². The van der Waals surface area contributed by atoms with E-state index in [1.807, 2.05) is 0 Å². The number of esters is 2. The molecule has 1 N–H and O–H groups in total. The van der Waals surface area contributed by atoms with Gasteiger partial charge in [0.25, 0.3) is 0 Å². The molecule has 11 heteroatoms. The van der Waals surface area contributed by atoms with E-state index in [2.05, 4.69) is 10.1 Å². The number of carbonyl (C=O) groups excluding carboxylic acids is 5. The minimum atomic E-state index is -1.03. The van der Waals surface area contributed by atoms with Crippen LogP contribution < -0.4 is 5.32 Å². The number of hydrogen-bond acceptors (Lipinski definition) is 8. The SMILES string of the molecule is COC(=O)CC[C@H](NC(=O)[C@@H]1CC[C@@H]2CCCCN(C(=O)OC)CC(=O)N21)C(=O)OC. The monoisotopic (exact) mass is 441 g/mol. The van der Waals surface area contributed by atoms with Gasteiger partial charge in [-0.3, -0.25) is 19.3 Å². The smallest absolute Gasteiger partial charge is 0.409 e. The lowest BCUT2D eigenvalue weighted by molar-refractivity contribution is -0.147. The van der Waals surface area contributed by atoms with Crippen LogP contribution in [0.15, 0.2) is 0 Å². The molecule has 0 radical (unpaired) electrons. The van der Waals surface area contributed by atoms with E-state index in [4.69, 9.17) is 9.47 Å². The van der Waals surface area contributed by atoms with Gasteiger partial charge >= 0.3 is 18.0 Å². The van der Waals surface area contributed by atoms with Gasteiger partial charge in [0.1, 0.15) is 18.6 Å². The van der Waals surface area contributed by atoms with Crippen molar-refractivity contribution in [3.63, 3.8) is 0 Å². The molecule has 2 rings (SSSR count). The lowest BCUT2D eigenvalue weighted by atomic mass is 10.1. The molecular formula is C20H31N3O8. The molecule has 0 aliphatic carbocycles. The Kier molecular flexibility index (Phi) is 9.07. The lowest BCUT2D eigenvalue weighted by Gasteiger charge is -2.31. The third-order valence-electron chi connectivity index (χ3n) is 5.73. The first kappa shape index (κ1) is 24.4. The van der Waals surface area contributed by atoms with Gasteiger partial charge in [0.15, 0.2) is 0 Å². The van der Waals surface area contributed by atoms with E-state index in [0.29, 0.717) is 19.4 Å². The molecule has 0 saturated carbocycles. The van der Waals surface area contributed by atoms with E-state index >= 15 is 0 Å². The first-order chi connectivity index (χ1) is 14.8. The van der Waals surface area contributed by atoms with E-state index in [1.165, 1.54) is 31.1 Å². The predicted octanol–water partition coefficient (Wildman–Crippen LogP) is 0.209. The van der Waals surface area contributed by atoms with Crippen LogP contribution in [0.25, 0.3) is 0 Å². The van der Waals surface area contributed by atoms with Crippen LogP contribution >= 0.6 is 0 Å². The molecule has 0 unspecified atom stereocenters. The first-order valence-electron chi connectivity index (χ1n) is 10.4. The van der Waals surface area contributed by atoms with Crippen molar-refractivity contribution in [2.24, 2.45) is 0 Å². The zero-order chi connectivity index (χ0) is 23.0. The van der Waals surface area contributed by atoms with Crippen LogP contribution in [0.5, 0.6) is 0 Å². The molecule has 2 aliphatic rings. The number of carbonyl (C=O) groups is 5. The summed E-state index contributed by atoms with van der Waals surface area (Å²) in [5.41, 5.74) is 0. The summed E-state index contributed by atoms with van der Waals surface area (Å²) < 4.78 is 14.1. The highest BCUT2D eigenvalue weighted by molar-refractivity contribution is 5.92. The second-order valence-electron chi connectivity index (χ2n) is 7.63. The van der Waals surface area contributed by atoms with Crippen molar-refractivity contribution in [3.8, 4) is 0 Å². The molecular weight excluding hydrogens is 410 g/mol. The number of rotatable bonds is 6. The maximum atomic E-state index is 13.0. The Balaban J connectivity index is 2.13. The summed E-state index contributed by atoms with van der Waals surface area (Å²) in [7, 11) is 3.69. The lowest BCUT2D eigenvalue weighted by Crippen LogP contribution is -2.54. The zero-order valence-corrected chi connectivity index (χ0v) is 18.3. The summed E-state index contributed by atoms with van der Waals surface area (Å²) in [6.07, 6.45) is 2.75. The Morgan fingerprint density at radius 3 is 2.42 bits per heavy atom. The van der Waals surface area contributed by atoms with Crippen LogP contribution in [0.3, 0.4) is 0 Å². The van der Waals surface area contributed by atoms with E-state index < -0.39 is 36.0 Å². The molecule has 2 saturated heterocycles. The van der Waals surface area contributed by atoms with Crippen molar-refractivity contribution in [1.29, 1.82) is 0 Å². The standard InChI is InChI=1S/C20H31N3O8/c1-29-17(25)10-8-14(19(27)30-2)21-18(26)15-9-7-13-6-4-5-11-22(20(28)31-3)12-16(24)23(13)15/h13-15H,4-12H2,1-3H3,(H,21,26)/t13-,14-,15-/m0/s1. The maximum absolute atomic E-state index is 13.0. The second kappa shape index (κ2) is 11.5. The minimum absolute atomic E-state index is 0.0191. The highest BCUT2D eigenvalue weighted by atomic mass is 16.5. The Labute approximate surface area is 181 Å². The fraction of sp³-hybridized carbons (Fsp3) is 0.750. The Morgan fingerprint density at radius 2 is 1.77 bits per heavy atom. The van der Waals surface area contributed by atoms with Crippen molar-refractivity contribution in [2.75, 3.05) is 34.4 Å². The van der Waals surface area contributed by atoms with Crippen molar-refractivity contribution < 1.29 is 38.2 Å². The molecule has 2 heterocycles. The maximum Gasteiger partial charge on any atom is 0.409 e. The van der Waals surface area contributed by atoms with E-state index in [-0.39, 0.29) is 31.3 Å². The predicted molar refractivity (Wildman–Crippen MR) is 107 cm³/mol. The molecule has 3 amide bonds. The molecule has 0 aromatic carbocycles. The van der Waals surface area contributed by atoms with Gasteiger partial charge in [-0.1, -0.05) is 0 Å². The van der Waals surface area contributed by atoms with Crippen molar-refractivity contribution in [3.05, 3.63) is 0 Å². The fourth-order valence-corrected chi connectivity index (χ4v) is 4.12. The molecule has 0 bridgehead atoms. The number of fused-ring (bicyclic) bond motifs is 1. The molecule has 11 nitrogen and oxygen atoms in total. The van der Waals surface area contributed by atoms with Gasteiger partial charge in [-0.15, -0.1) is 0 Å². The average Bonchev–Trinajstić information content (AvgIpc) is 3.22. The highest BCUT2D eigenvalue weighted by Gasteiger charge is 2.42. The van der Waals surface area contributed by atoms with Gasteiger partial charge in [-0.25, -0.2) is 9.59 Å². The summed E-state index contributed by atoms with van der Waals surface area (Å²) in [5.74, 6) is -2.01. The number of ether oxygens (including phenoxy) is 3. The molecule has 174 valence electrons. The Hall–Kier alpha value is -2.85. The number of methoxy groups -OCH3 is 3. The molecule has 0 spiro atoms. The van der Waals surface area contributed by atoms with Gasteiger partial charge in [0, 0.05) is 19.0 Å². The normalized spacial score (nSPS) is 22.4. The van der Waals surface area contributed by atoms with Crippen LogP contribution in [-0.2, 0) is 33.4 Å². The van der Waals surface area contributed by atoms with E-state index in [1.54, 1.807) is 0 Å². The van der Waals surface area contributed by atoms with Crippen LogP contribution in [0.4, 0.5) is 4.79 Å². The molecule has 0 aromatic heterocycles. The minimum Gasteiger partial charge on any atom is -0.469 e. The molecule has 3 atom stereocenters. The number of amides is 3. The zero-order valence-electron chi connectivity index (χ0n) is 18.3. The summed E-state index contributed by atoms with van der Waals surface area (Å²) in [4.78, 5) is 64.4. The van der Waals surface area contributed by atoms with Crippen LogP contribution in [0, 0.1) is 0 Å². The third-order valence-corrected chi connectivity index (χ3v) is 5.73. The quantitative estimate of drug-likeness (QED) is 0.457. The Bertz CT molecular complexity index is 698. The molecule has 2 fully saturated rings. The molecule has 31 heavy (non-hydrogen) atoms.